The van der Waals surface area contributed by atoms with Gasteiger partial charge in [-0.15, -0.1) is 0 Å². The normalized spacial score (nSPS) is 14.4. The molecule has 2 heterocycles. The van der Waals surface area contributed by atoms with Gasteiger partial charge in [-0.2, -0.15) is 0 Å². The maximum atomic E-state index is 13.6. The summed E-state index contributed by atoms with van der Waals surface area (Å²) < 4.78 is 30.0. The van der Waals surface area contributed by atoms with E-state index in [0.29, 0.717) is 28.5 Å². The van der Waals surface area contributed by atoms with Gasteiger partial charge in [-0.1, -0.05) is 29.8 Å². The molecule has 0 radical (unpaired) electrons. The van der Waals surface area contributed by atoms with E-state index < -0.39 is 23.7 Å². The van der Waals surface area contributed by atoms with Crippen molar-refractivity contribution in [2.75, 3.05) is 19.1 Å². The highest BCUT2D eigenvalue weighted by molar-refractivity contribution is 6.31. The van der Waals surface area contributed by atoms with Crippen LogP contribution in [0, 0.1) is 5.82 Å². The predicted octanol–water partition coefficient (Wildman–Crippen LogP) is 6.24. The molecule has 0 fully saturated rings. The van der Waals surface area contributed by atoms with Crippen molar-refractivity contribution in [3.05, 3.63) is 99.8 Å². The molecule has 6 nitrogen and oxygen atoms in total. The number of anilines is 1. The molecule has 0 unspecified atom stereocenters. The lowest BCUT2D eigenvalue weighted by molar-refractivity contribution is -0.137. The second kappa shape index (κ2) is 9.80. The summed E-state index contributed by atoms with van der Waals surface area (Å²) in [4.78, 5) is 28.0. The zero-order valence-corrected chi connectivity index (χ0v) is 20.4. The van der Waals surface area contributed by atoms with E-state index in [-0.39, 0.29) is 16.2 Å². The first-order valence-electron chi connectivity index (χ1n) is 10.8. The molecule has 2 aromatic carbocycles. The number of hydrogen-bond donors (Lipinski definition) is 0. The largest absolute Gasteiger partial charge is 0.466 e. The van der Waals surface area contributed by atoms with Crippen molar-refractivity contribution in [1.82, 2.24) is 0 Å². The Morgan fingerprint density at radius 2 is 1.51 bits per heavy atom. The van der Waals surface area contributed by atoms with Crippen LogP contribution in [0.4, 0.5) is 10.1 Å². The molecular formula is C27H23ClFNO5. The van der Waals surface area contributed by atoms with E-state index in [1.807, 2.05) is 35.2 Å². The van der Waals surface area contributed by atoms with E-state index in [4.69, 9.17) is 25.5 Å². The average molecular weight is 496 g/mol. The Morgan fingerprint density at radius 1 is 0.914 bits per heavy atom. The van der Waals surface area contributed by atoms with Gasteiger partial charge in [0.1, 0.15) is 17.3 Å². The van der Waals surface area contributed by atoms with Gasteiger partial charge < -0.3 is 18.8 Å². The molecule has 1 aliphatic heterocycles. The topological polar surface area (TPSA) is 69.0 Å². The number of carbonyl (C=O) groups is 2. The van der Waals surface area contributed by atoms with Crippen LogP contribution in [0.2, 0.25) is 5.02 Å². The van der Waals surface area contributed by atoms with E-state index in [1.54, 1.807) is 26.0 Å². The maximum Gasteiger partial charge on any atom is 0.336 e. The molecule has 0 saturated heterocycles. The molecule has 0 bridgehead atoms. The van der Waals surface area contributed by atoms with E-state index in [2.05, 4.69) is 0 Å². The third kappa shape index (κ3) is 4.35. The van der Waals surface area contributed by atoms with E-state index in [0.717, 1.165) is 5.69 Å². The second-order valence-electron chi connectivity index (χ2n) is 7.92. The Kier molecular flexibility index (Phi) is 6.80. The number of nitrogens with zero attached hydrogens (tertiary/aromatic N) is 1. The fourth-order valence-electron chi connectivity index (χ4n) is 4.37. The third-order valence-electron chi connectivity index (χ3n) is 5.97. The first-order chi connectivity index (χ1) is 16.8. The summed E-state index contributed by atoms with van der Waals surface area (Å²) in [5.41, 5.74) is 2.96. The highest BCUT2D eigenvalue weighted by atomic mass is 35.5. The molecular weight excluding hydrogens is 473 g/mol. The summed E-state index contributed by atoms with van der Waals surface area (Å²) >= 11 is 5.94. The quantitative estimate of drug-likeness (QED) is 0.390. The van der Waals surface area contributed by atoms with Crippen LogP contribution >= 0.6 is 11.6 Å². The Balaban J connectivity index is 1.92. The maximum absolute atomic E-state index is 13.6. The van der Waals surface area contributed by atoms with Gasteiger partial charge in [0.05, 0.1) is 36.3 Å². The number of hydrogen-bond acceptors (Lipinski definition) is 6. The fraction of sp³-hybridized carbons (Fsp3) is 0.185. The minimum Gasteiger partial charge on any atom is -0.466 e. The SMILES string of the molecule is COC(=O)C1=C(C)N(c2ccccc2)C(C)=C(C(=O)OC)C1c1ccc(-c2ccc(F)c(Cl)c2)o1. The number of benzene rings is 2. The number of para-hydroxylation sites is 1. The molecule has 0 amide bonds. The molecule has 3 aromatic rings. The first kappa shape index (κ1) is 24.3. The molecule has 1 aliphatic rings. The van der Waals surface area contributed by atoms with Crippen molar-refractivity contribution in [1.29, 1.82) is 0 Å². The van der Waals surface area contributed by atoms with Gasteiger partial charge in [-0.25, -0.2) is 14.0 Å². The zero-order chi connectivity index (χ0) is 25.3. The lowest BCUT2D eigenvalue weighted by atomic mass is 9.82. The van der Waals surface area contributed by atoms with E-state index in [1.165, 1.54) is 32.4 Å². The number of allylic oxidation sites excluding steroid dienone is 2. The average Bonchev–Trinajstić information content (AvgIpc) is 3.35. The van der Waals surface area contributed by atoms with Crippen LogP contribution in [0.3, 0.4) is 0 Å². The minimum atomic E-state index is -0.889. The van der Waals surface area contributed by atoms with Crippen molar-refractivity contribution >= 4 is 29.2 Å². The van der Waals surface area contributed by atoms with Gasteiger partial charge in [-0.05, 0) is 56.3 Å². The summed E-state index contributed by atoms with van der Waals surface area (Å²) in [5, 5.41) is -0.0476. The van der Waals surface area contributed by atoms with Crippen LogP contribution in [-0.2, 0) is 19.1 Å². The van der Waals surface area contributed by atoms with Crippen LogP contribution < -0.4 is 4.90 Å². The van der Waals surface area contributed by atoms with Gasteiger partial charge in [0.2, 0.25) is 0 Å². The molecule has 1 aromatic heterocycles. The molecule has 35 heavy (non-hydrogen) atoms. The fourth-order valence-corrected chi connectivity index (χ4v) is 4.55. The van der Waals surface area contributed by atoms with Gasteiger partial charge in [-0.3, -0.25) is 0 Å². The molecule has 8 heteroatoms. The van der Waals surface area contributed by atoms with E-state index in [9.17, 15) is 14.0 Å². The standard InChI is InChI=1S/C27H23ClFNO5/c1-15-23(26(31)33-3)25(22-13-12-21(35-22)17-10-11-20(29)19(28)14-17)24(27(32)34-4)16(2)30(15)18-8-6-5-7-9-18/h5-14,25H,1-4H3. The van der Waals surface area contributed by atoms with Crippen LogP contribution in [0.1, 0.15) is 25.5 Å². The smallest absolute Gasteiger partial charge is 0.336 e. The molecule has 0 saturated carbocycles. The number of rotatable bonds is 5. The summed E-state index contributed by atoms with van der Waals surface area (Å²) in [7, 11) is 2.56. The number of carbonyl (C=O) groups excluding carboxylic acids is 2. The Bertz CT molecular complexity index is 1320. The summed E-state index contributed by atoms with van der Waals surface area (Å²) in [6.07, 6.45) is 0. The van der Waals surface area contributed by atoms with Crippen molar-refractivity contribution < 1.29 is 27.9 Å². The van der Waals surface area contributed by atoms with Gasteiger partial charge in [0.15, 0.2) is 0 Å². The van der Waals surface area contributed by atoms with Gasteiger partial charge >= 0.3 is 11.9 Å². The highest BCUT2D eigenvalue weighted by Gasteiger charge is 2.42. The Labute approximate surface area is 207 Å². The van der Waals surface area contributed by atoms with Crippen molar-refractivity contribution in [2.24, 2.45) is 0 Å². The highest BCUT2D eigenvalue weighted by Crippen LogP contribution is 2.45. The molecule has 0 aliphatic carbocycles. The van der Waals surface area contributed by atoms with Crippen molar-refractivity contribution in [2.45, 2.75) is 19.8 Å². The summed E-state index contributed by atoms with van der Waals surface area (Å²) in [6, 6.07) is 16.9. The molecule has 0 N–H and O–H groups in total. The monoisotopic (exact) mass is 495 g/mol. The van der Waals surface area contributed by atoms with Gasteiger partial charge in [0.25, 0.3) is 0 Å². The zero-order valence-electron chi connectivity index (χ0n) is 19.6. The first-order valence-corrected chi connectivity index (χ1v) is 11.1. The third-order valence-corrected chi connectivity index (χ3v) is 6.26. The van der Waals surface area contributed by atoms with Crippen LogP contribution in [0.15, 0.2) is 87.6 Å². The van der Waals surface area contributed by atoms with Crippen molar-refractivity contribution in [3.63, 3.8) is 0 Å². The molecule has 0 atom stereocenters. The number of methoxy groups -OCH3 is 2. The van der Waals surface area contributed by atoms with Crippen molar-refractivity contribution in [3.8, 4) is 11.3 Å². The minimum absolute atomic E-state index is 0.0476. The number of ether oxygens (including phenoxy) is 2. The van der Waals surface area contributed by atoms with Crippen LogP contribution in [0.5, 0.6) is 0 Å². The van der Waals surface area contributed by atoms with Gasteiger partial charge in [0, 0.05) is 22.6 Å². The van der Waals surface area contributed by atoms with Crippen LogP contribution in [-0.4, -0.2) is 26.2 Å². The lowest BCUT2D eigenvalue weighted by Gasteiger charge is -2.36. The number of furan rings is 1. The summed E-state index contributed by atoms with van der Waals surface area (Å²) in [6.45, 7) is 3.57. The Hall–Kier alpha value is -3.84. The van der Waals surface area contributed by atoms with E-state index >= 15 is 0 Å². The molecule has 4 rings (SSSR count). The number of esters is 2. The second-order valence-corrected chi connectivity index (χ2v) is 8.32. The number of halogens is 2. The Morgan fingerprint density at radius 3 is 2.06 bits per heavy atom. The van der Waals surface area contributed by atoms with Crippen LogP contribution in [0.25, 0.3) is 11.3 Å². The molecule has 0 spiro atoms. The molecule has 180 valence electrons. The summed E-state index contributed by atoms with van der Waals surface area (Å²) in [5.74, 6) is -1.92. The lowest BCUT2D eigenvalue weighted by Crippen LogP contribution is -2.35. The predicted molar refractivity (Wildman–Crippen MR) is 130 cm³/mol.